The third-order valence-electron chi connectivity index (χ3n) is 3.46. The Morgan fingerprint density at radius 3 is 2.10 bits per heavy atom. The molecular formula is C19H22O2. The molecule has 0 aliphatic rings. The highest BCUT2D eigenvalue weighted by atomic mass is 16.5. The fourth-order valence-electron chi connectivity index (χ4n) is 2.30. The Bertz CT molecular complexity index is 604. The van der Waals surface area contributed by atoms with Crippen molar-refractivity contribution in [2.45, 2.75) is 33.6 Å². The molecule has 110 valence electrons. The summed E-state index contributed by atoms with van der Waals surface area (Å²) in [6.45, 7) is 8.39. The topological polar surface area (TPSA) is 26.3 Å². The number of aryl methyl sites for hydroxylation is 2. The second-order valence-electron chi connectivity index (χ2n) is 5.81. The van der Waals surface area contributed by atoms with Crippen LogP contribution in [0, 0.1) is 13.8 Å². The second kappa shape index (κ2) is 6.57. The van der Waals surface area contributed by atoms with E-state index in [2.05, 4.69) is 19.9 Å². The summed E-state index contributed by atoms with van der Waals surface area (Å²) < 4.78 is 5.61. The van der Waals surface area contributed by atoms with Crippen LogP contribution < -0.4 is 4.74 Å². The third-order valence-corrected chi connectivity index (χ3v) is 3.46. The Morgan fingerprint density at radius 1 is 1.00 bits per heavy atom. The molecule has 0 bridgehead atoms. The lowest BCUT2D eigenvalue weighted by molar-refractivity contribution is 0.0921. The van der Waals surface area contributed by atoms with Crippen molar-refractivity contribution in [3.63, 3.8) is 0 Å². The van der Waals surface area contributed by atoms with Crippen molar-refractivity contribution in [1.82, 2.24) is 0 Å². The summed E-state index contributed by atoms with van der Waals surface area (Å²) in [4.78, 5) is 12.1. The summed E-state index contributed by atoms with van der Waals surface area (Å²) in [5, 5.41) is 0. The molecule has 2 nitrogen and oxygen atoms in total. The molecular weight excluding hydrogens is 260 g/mol. The Hall–Kier alpha value is -2.09. The average Bonchev–Trinajstić information content (AvgIpc) is 2.44. The maximum Gasteiger partial charge on any atom is 0.200 e. The smallest absolute Gasteiger partial charge is 0.200 e. The van der Waals surface area contributed by atoms with Crippen LogP contribution in [0.4, 0.5) is 0 Å². The first kappa shape index (κ1) is 15.3. The largest absolute Gasteiger partial charge is 0.485 e. The van der Waals surface area contributed by atoms with Crippen LogP contribution in [0.3, 0.4) is 0 Å². The number of ether oxygens (including phenoxy) is 1. The van der Waals surface area contributed by atoms with Crippen molar-refractivity contribution in [2.24, 2.45) is 0 Å². The van der Waals surface area contributed by atoms with Gasteiger partial charge in [-0.25, -0.2) is 0 Å². The first-order chi connectivity index (χ1) is 9.95. The van der Waals surface area contributed by atoms with Gasteiger partial charge in [-0.3, -0.25) is 4.79 Å². The van der Waals surface area contributed by atoms with Crippen LogP contribution in [0.15, 0.2) is 42.5 Å². The summed E-state index contributed by atoms with van der Waals surface area (Å²) >= 11 is 0. The summed E-state index contributed by atoms with van der Waals surface area (Å²) in [5.41, 5.74) is 4.21. The highest BCUT2D eigenvalue weighted by molar-refractivity contribution is 5.97. The molecule has 0 aromatic heterocycles. The molecule has 0 amide bonds. The van der Waals surface area contributed by atoms with E-state index in [1.807, 2.05) is 50.2 Å². The van der Waals surface area contributed by atoms with Gasteiger partial charge in [0.1, 0.15) is 5.75 Å². The maximum absolute atomic E-state index is 12.1. The van der Waals surface area contributed by atoms with E-state index in [0.717, 1.165) is 16.9 Å². The van der Waals surface area contributed by atoms with Gasteiger partial charge in [-0.15, -0.1) is 0 Å². The van der Waals surface area contributed by atoms with Crippen LogP contribution >= 0.6 is 0 Å². The molecule has 0 aliphatic heterocycles. The molecule has 0 saturated heterocycles. The fourth-order valence-corrected chi connectivity index (χ4v) is 2.30. The highest BCUT2D eigenvalue weighted by Gasteiger charge is 2.08. The molecule has 2 aromatic rings. The van der Waals surface area contributed by atoms with Gasteiger partial charge in [-0.05, 0) is 48.6 Å². The molecule has 0 radical (unpaired) electrons. The Morgan fingerprint density at radius 2 is 1.57 bits per heavy atom. The Kier molecular flexibility index (Phi) is 4.79. The number of rotatable bonds is 5. The number of carbonyl (C=O) groups is 1. The zero-order valence-electron chi connectivity index (χ0n) is 13.1. The van der Waals surface area contributed by atoms with E-state index in [9.17, 15) is 4.79 Å². The molecule has 0 spiro atoms. The van der Waals surface area contributed by atoms with Crippen LogP contribution in [0.5, 0.6) is 5.75 Å². The van der Waals surface area contributed by atoms with Gasteiger partial charge >= 0.3 is 0 Å². The lowest BCUT2D eigenvalue weighted by Crippen LogP contribution is -2.11. The molecule has 0 heterocycles. The SMILES string of the molecule is Cc1cc(C)cc(OCC(=O)c2ccc(C(C)C)cc2)c1. The number of hydrogen-bond acceptors (Lipinski definition) is 2. The molecule has 0 atom stereocenters. The maximum atomic E-state index is 12.1. The summed E-state index contributed by atoms with van der Waals surface area (Å²) in [6.07, 6.45) is 0. The minimum atomic E-state index is 0.00413. The molecule has 2 rings (SSSR count). The molecule has 0 saturated carbocycles. The van der Waals surface area contributed by atoms with Crippen molar-refractivity contribution in [2.75, 3.05) is 6.61 Å². The Balaban J connectivity index is 2.01. The first-order valence-electron chi connectivity index (χ1n) is 7.30. The van der Waals surface area contributed by atoms with Crippen molar-refractivity contribution in [3.05, 3.63) is 64.7 Å². The molecule has 0 aliphatic carbocycles. The van der Waals surface area contributed by atoms with Gasteiger partial charge in [0.2, 0.25) is 0 Å². The monoisotopic (exact) mass is 282 g/mol. The van der Waals surface area contributed by atoms with E-state index in [0.29, 0.717) is 11.5 Å². The molecule has 2 heteroatoms. The number of benzene rings is 2. The fraction of sp³-hybridized carbons (Fsp3) is 0.316. The number of Topliss-reactive ketones (excluding diaryl/α,β-unsaturated/α-hetero) is 1. The second-order valence-corrected chi connectivity index (χ2v) is 5.81. The lowest BCUT2D eigenvalue weighted by Gasteiger charge is -2.09. The molecule has 2 aromatic carbocycles. The minimum Gasteiger partial charge on any atom is -0.485 e. The molecule has 0 N–H and O–H groups in total. The van der Waals surface area contributed by atoms with E-state index in [-0.39, 0.29) is 12.4 Å². The average molecular weight is 282 g/mol. The minimum absolute atomic E-state index is 0.00413. The van der Waals surface area contributed by atoms with Gasteiger partial charge in [0, 0.05) is 5.56 Å². The molecule has 21 heavy (non-hydrogen) atoms. The van der Waals surface area contributed by atoms with Crippen LogP contribution in [0.25, 0.3) is 0 Å². The van der Waals surface area contributed by atoms with E-state index in [4.69, 9.17) is 4.74 Å². The van der Waals surface area contributed by atoms with Crippen LogP contribution in [0.2, 0.25) is 0 Å². The third kappa shape index (κ3) is 4.19. The van der Waals surface area contributed by atoms with Crippen molar-refractivity contribution in [3.8, 4) is 5.75 Å². The van der Waals surface area contributed by atoms with Gasteiger partial charge in [0.05, 0.1) is 0 Å². The van der Waals surface area contributed by atoms with E-state index < -0.39 is 0 Å². The van der Waals surface area contributed by atoms with E-state index >= 15 is 0 Å². The van der Waals surface area contributed by atoms with Gasteiger partial charge in [-0.1, -0.05) is 44.2 Å². The van der Waals surface area contributed by atoms with E-state index in [1.165, 1.54) is 5.56 Å². The van der Waals surface area contributed by atoms with Gasteiger partial charge in [0.15, 0.2) is 12.4 Å². The zero-order chi connectivity index (χ0) is 15.4. The zero-order valence-corrected chi connectivity index (χ0v) is 13.1. The predicted octanol–water partition coefficient (Wildman–Crippen LogP) is 4.69. The summed E-state index contributed by atoms with van der Waals surface area (Å²) in [6, 6.07) is 13.7. The summed E-state index contributed by atoms with van der Waals surface area (Å²) in [7, 11) is 0. The quantitative estimate of drug-likeness (QED) is 0.744. The lowest BCUT2D eigenvalue weighted by atomic mass is 10.0. The van der Waals surface area contributed by atoms with Gasteiger partial charge in [-0.2, -0.15) is 0 Å². The predicted molar refractivity (Wildman–Crippen MR) is 86.3 cm³/mol. The van der Waals surface area contributed by atoms with Gasteiger partial charge < -0.3 is 4.74 Å². The summed E-state index contributed by atoms with van der Waals surface area (Å²) in [5.74, 6) is 1.23. The number of ketones is 1. The van der Waals surface area contributed by atoms with E-state index in [1.54, 1.807) is 0 Å². The van der Waals surface area contributed by atoms with Crippen molar-refractivity contribution >= 4 is 5.78 Å². The Labute approximate surface area is 126 Å². The van der Waals surface area contributed by atoms with Gasteiger partial charge in [0.25, 0.3) is 0 Å². The van der Waals surface area contributed by atoms with Crippen molar-refractivity contribution in [1.29, 1.82) is 0 Å². The number of hydrogen-bond donors (Lipinski definition) is 0. The highest BCUT2D eigenvalue weighted by Crippen LogP contribution is 2.18. The van der Waals surface area contributed by atoms with Crippen LogP contribution in [0.1, 0.15) is 46.8 Å². The standard InChI is InChI=1S/C19H22O2/c1-13(2)16-5-7-17(8-6-16)19(20)12-21-18-10-14(3)9-15(4)11-18/h5-11,13H,12H2,1-4H3. The van der Waals surface area contributed by atoms with Crippen molar-refractivity contribution < 1.29 is 9.53 Å². The van der Waals surface area contributed by atoms with Crippen LogP contribution in [-0.2, 0) is 0 Å². The van der Waals surface area contributed by atoms with Crippen LogP contribution in [-0.4, -0.2) is 12.4 Å². The number of carbonyl (C=O) groups excluding carboxylic acids is 1. The molecule has 0 fully saturated rings. The first-order valence-corrected chi connectivity index (χ1v) is 7.30. The molecule has 0 unspecified atom stereocenters. The normalized spacial score (nSPS) is 10.7.